The molecule has 14 nitrogen and oxygen atoms in total. The summed E-state index contributed by atoms with van der Waals surface area (Å²) in [5.41, 5.74) is 1.63. The Morgan fingerprint density at radius 1 is 1.18 bits per heavy atom. The van der Waals surface area contributed by atoms with E-state index in [1.54, 1.807) is 38.3 Å². The smallest absolute Gasteiger partial charge is 0.342 e. The predicted molar refractivity (Wildman–Crippen MR) is 214 cm³/mol. The number of carbonyl (C=O) groups is 3. The zero-order valence-corrected chi connectivity index (χ0v) is 33.5. The fraction of sp³-hybridized carbons (Fsp3) is 0.595. The Bertz CT molecular complexity index is 1800. The average Bonchev–Trinajstić information content (AvgIpc) is 3.84. The molecule has 2 saturated carbocycles. The van der Waals surface area contributed by atoms with Crippen molar-refractivity contribution in [2.24, 2.45) is 32.7 Å². The minimum absolute atomic E-state index is 0.0571. The number of aliphatic hydroxyl groups is 2. The van der Waals surface area contributed by atoms with Crippen molar-refractivity contribution in [2.75, 3.05) is 65.1 Å². The topological polar surface area (TPSA) is 175 Å². The lowest BCUT2D eigenvalue weighted by Gasteiger charge is -2.62. The van der Waals surface area contributed by atoms with Gasteiger partial charge in [-0.1, -0.05) is 38.1 Å². The van der Waals surface area contributed by atoms with Crippen LogP contribution in [0, 0.1) is 22.7 Å². The van der Waals surface area contributed by atoms with Gasteiger partial charge < -0.3 is 29.3 Å². The lowest BCUT2D eigenvalue weighted by atomic mass is 9.45. The number of esters is 2. The number of benzene rings is 1. The van der Waals surface area contributed by atoms with Gasteiger partial charge in [0.25, 0.3) is 0 Å². The average molecular weight is 775 g/mol. The first-order valence-corrected chi connectivity index (χ1v) is 19.8. The zero-order valence-electron chi connectivity index (χ0n) is 33.5. The van der Waals surface area contributed by atoms with E-state index >= 15 is 0 Å². The Labute approximate surface area is 329 Å². The minimum Gasteiger partial charge on any atom is -0.462 e. The molecular weight excluding hydrogens is 716 g/mol. The van der Waals surface area contributed by atoms with Crippen molar-refractivity contribution >= 4 is 41.3 Å². The van der Waals surface area contributed by atoms with E-state index in [2.05, 4.69) is 32.4 Å². The molecule has 3 aliphatic heterocycles. The molecule has 1 saturated heterocycles. The third kappa shape index (κ3) is 8.12. The summed E-state index contributed by atoms with van der Waals surface area (Å²) in [5.74, 6) is -1.68. The molecule has 304 valence electrons. The second-order valence-corrected chi connectivity index (χ2v) is 16.3. The minimum atomic E-state index is -0.810. The van der Waals surface area contributed by atoms with E-state index in [0.29, 0.717) is 51.0 Å². The van der Waals surface area contributed by atoms with Crippen LogP contribution in [-0.2, 0) is 28.6 Å². The molecule has 6 rings (SSSR count). The van der Waals surface area contributed by atoms with Crippen LogP contribution in [0.3, 0.4) is 0 Å². The Balaban J connectivity index is 1.44. The van der Waals surface area contributed by atoms with E-state index in [1.165, 1.54) is 0 Å². The van der Waals surface area contributed by atoms with Crippen molar-refractivity contribution < 1.29 is 38.8 Å². The summed E-state index contributed by atoms with van der Waals surface area (Å²) in [6, 6.07) is 5.71. The highest BCUT2D eigenvalue weighted by atomic mass is 16.6. The normalized spacial score (nSPS) is 31.1. The van der Waals surface area contributed by atoms with Gasteiger partial charge in [-0.15, -0.1) is 0 Å². The Morgan fingerprint density at radius 2 is 1.89 bits per heavy atom. The molecule has 1 amide bonds. The Morgan fingerprint density at radius 3 is 2.52 bits per heavy atom. The van der Waals surface area contributed by atoms with Crippen molar-refractivity contribution in [1.29, 1.82) is 0 Å². The fourth-order valence-corrected chi connectivity index (χ4v) is 9.56. The molecular formula is C42H58N6O8. The number of guanidine groups is 1. The number of fused-ring (bicyclic) bond motifs is 1. The van der Waals surface area contributed by atoms with Gasteiger partial charge in [0.05, 0.1) is 50.7 Å². The lowest BCUT2D eigenvalue weighted by Crippen LogP contribution is -2.62. The number of carbonyl (C=O) groups excluding carboxylic acids is 3. The van der Waals surface area contributed by atoms with Gasteiger partial charge in [0.2, 0.25) is 11.9 Å². The fourth-order valence-electron chi connectivity index (χ4n) is 9.56. The van der Waals surface area contributed by atoms with Crippen LogP contribution in [0.15, 0.2) is 63.8 Å². The number of hydrogen-bond acceptors (Lipinski definition) is 13. The highest BCUT2D eigenvalue weighted by molar-refractivity contribution is 6.19. The molecule has 3 fully saturated rings. The summed E-state index contributed by atoms with van der Waals surface area (Å²) in [5, 5.41) is 28.5. The molecule has 3 heterocycles. The number of allylic oxidation sites excluding steroid dienone is 1. The van der Waals surface area contributed by atoms with Crippen LogP contribution in [0.5, 0.6) is 0 Å². The first kappa shape index (κ1) is 41.4. The number of cyclic esters (lactones) is 1. The first-order valence-electron chi connectivity index (χ1n) is 19.8. The van der Waals surface area contributed by atoms with Crippen LogP contribution < -0.4 is 15.5 Å². The van der Waals surface area contributed by atoms with Crippen molar-refractivity contribution in [3.05, 3.63) is 59.4 Å². The molecule has 56 heavy (non-hydrogen) atoms. The number of aliphatic imine (C=N–C) groups is 2. The number of nitrogens with one attached hydrogen (secondary N) is 2. The SMILES string of the molecule is C=C1C(N2CCOCC2)CC2[C@](C)(CC[C@@H](O)[C@@]2(C)CO)C1CC(NC(C)C(=O)NC1=NCC=N1)C1=C/C(=C(/C(=O)OCC)c2ccc(N(C)C)cc2)OC1=O. The molecule has 0 radical (unpaired) electrons. The van der Waals surface area contributed by atoms with Crippen molar-refractivity contribution in [2.45, 2.75) is 77.6 Å². The van der Waals surface area contributed by atoms with Crippen LogP contribution in [0.4, 0.5) is 5.69 Å². The van der Waals surface area contributed by atoms with E-state index in [4.69, 9.17) is 20.8 Å². The molecule has 0 spiro atoms. The van der Waals surface area contributed by atoms with E-state index in [9.17, 15) is 24.6 Å². The number of anilines is 1. The standard InChI is InChI=1S/C42H58N6O8/c1-8-55-39(53)36(27-9-11-28(12-10-27)47(6)7)33-21-29(38(52)56-33)31(45-26(3)37(51)46-40-43-15-16-44-40)22-30-25(2)32(48-17-19-54-20-18-48)23-34-41(30,4)14-13-35(50)42(34,5)24-49/h9-12,15,21,26,30-32,34-35,45,49-50H,2,8,13-14,16-20,22-24H2,1,3-7H3,(H,44,46,51)/b36-33-/t26?,30?,31?,32?,34?,35-,41-,42+/m1/s1. The number of hydrogen-bond donors (Lipinski definition) is 4. The lowest BCUT2D eigenvalue weighted by molar-refractivity contribution is -0.163. The molecule has 0 bridgehead atoms. The molecule has 5 unspecified atom stereocenters. The molecule has 8 atom stereocenters. The van der Waals surface area contributed by atoms with E-state index in [0.717, 1.165) is 24.4 Å². The van der Waals surface area contributed by atoms with E-state index < -0.39 is 41.0 Å². The summed E-state index contributed by atoms with van der Waals surface area (Å²) in [6.45, 7) is 15.3. The van der Waals surface area contributed by atoms with Gasteiger partial charge >= 0.3 is 11.9 Å². The molecule has 4 N–H and O–H groups in total. The highest BCUT2D eigenvalue weighted by Crippen LogP contribution is 2.62. The van der Waals surface area contributed by atoms with E-state index in [-0.39, 0.29) is 59.9 Å². The van der Waals surface area contributed by atoms with Crippen molar-refractivity contribution in [3.63, 3.8) is 0 Å². The second-order valence-electron chi connectivity index (χ2n) is 16.3. The van der Waals surface area contributed by atoms with Crippen molar-refractivity contribution in [3.8, 4) is 0 Å². The van der Waals surface area contributed by atoms with Gasteiger partial charge in [-0.05, 0) is 80.6 Å². The van der Waals surface area contributed by atoms with Crippen LogP contribution in [0.2, 0.25) is 0 Å². The van der Waals surface area contributed by atoms with E-state index in [1.807, 2.05) is 38.1 Å². The molecule has 0 aromatic heterocycles. The quantitative estimate of drug-likeness (QED) is 0.140. The zero-order chi connectivity index (χ0) is 40.4. The summed E-state index contributed by atoms with van der Waals surface area (Å²) >= 11 is 0. The van der Waals surface area contributed by atoms with Gasteiger partial charge in [0.1, 0.15) is 11.3 Å². The molecule has 1 aromatic carbocycles. The summed E-state index contributed by atoms with van der Waals surface area (Å²) < 4.78 is 17.1. The maximum absolute atomic E-state index is 14.1. The van der Waals surface area contributed by atoms with Crippen LogP contribution in [0.25, 0.3) is 5.57 Å². The third-order valence-electron chi connectivity index (χ3n) is 12.9. The largest absolute Gasteiger partial charge is 0.462 e. The van der Waals surface area contributed by atoms with Gasteiger partial charge in [0, 0.05) is 56.6 Å². The van der Waals surface area contributed by atoms with Crippen LogP contribution in [0.1, 0.15) is 58.9 Å². The number of ether oxygens (including phenoxy) is 3. The maximum atomic E-state index is 14.1. The van der Waals surface area contributed by atoms with Crippen molar-refractivity contribution in [1.82, 2.24) is 15.5 Å². The first-order chi connectivity index (χ1) is 26.7. The maximum Gasteiger partial charge on any atom is 0.342 e. The third-order valence-corrected chi connectivity index (χ3v) is 12.9. The second kappa shape index (κ2) is 17.1. The van der Waals surface area contributed by atoms with Gasteiger partial charge in [-0.2, -0.15) is 0 Å². The number of aliphatic hydroxyl groups excluding tert-OH is 2. The number of nitrogens with zero attached hydrogens (tertiary/aromatic N) is 4. The highest BCUT2D eigenvalue weighted by Gasteiger charge is 2.60. The number of rotatable bonds is 12. The van der Waals surface area contributed by atoms with Crippen LogP contribution in [-0.4, -0.2) is 130 Å². The predicted octanol–water partition coefficient (Wildman–Crippen LogP) is 2.86. The summed E-state index contributed by atoms with van der Waals surface area (Å²) in [6.07, 6.45) is 4.76. The summed E-state index contributed by atoms with van der Waals surface area (Å²) in [7, 11) is 3.84. The van der Waals surface area contributed by atoms with Gasteiger partial charge in [-0.25, -0.2) is 19.6 Å². The molecule has 14 heteroatoms. The molecule has 1 aromatic rings. The monoisotopic (exact) mass is 774 g/mol. The van der Waals surface area contributed by atoms with Crippen LogP contribution >= 0.6 is 0 Å². The molecule has 2 aliphatic carbocycles. The number of amides is 1. The van der Waals surface area contributed by atoms with Gasteiger partial charge in [0.15, 0.2) is 0 Å². The van der Waals surface area contributed by atoms with Gasteiger partial charge in [-0.3, -0.25) is 20.3 Å². The Kier molecular flexibility index (Phi) is 12.7. The number of morpholine rings is 1. The Hall–Kier alpha value is -4.21. The summed E-state index contributed by atoms with van der Waals surface area (Å²) in [4.78, 5) is 53.9. The molecule has 5 aliphatic rings.